The van der Waals surface area contributed by atoms with Crippen LogP contribution >= 0.6 is 15.9 Å². The van der Waals surface area contributed by atoms with Crippen molar-refractivity contribution >= 4 is 32.7 Å². The van der Waals surface area contributed by atoms with Crippen molar-refractivity contribution in [2.75, 3.05) is 20.3 Å². The Balaban J connectivity index is 2.03. The number of carbonyl (C=O) groups excluding carboxylic acids is 1. The Bertz CT molecular complexity index is 636. The molecule has 21 heavy (non-hydrogen) atoms. The van der Waals surface area contributed by atoms with Crippen molar-refractivity contribution in [2.45, 2.75) is 13.0 Å². The number of hydrogen-bond donors (Lipinski definition) is 1. The van der Waals surface area contributed by atoms with Crippen LogP contribution < -0.4 is 10.1 Å². The topological polar surface area (TPSA) is 73.3 Å². The number of fused-ring (bicyclic) bond motifs is 1. The summed E-state index contributed by atoms with van der Waals surface area (Å²) in [6.07, 6.45) is 1.41. The van der Waals surface area contributed by atoms with Crippen LogP contribution in [0, 0.1) is 0 Å². The molecule has 1 aromatic carbocycles. The minimum atomic E-state index is -0.221. The van der Waals surface area contributed by atoms with Gasteiger partial charge in [0.1, 0.15) is 6.33 Å². The molecule has 112 valence electrons. The van der Waals surface area contributed by atoms with Gasteiger partial charge in [-0.05, 0) is 25.1 Å². The van der Waals surface area contributed by atoms with Crippen LogP contribution in [-0.4, -0.2) is 42.2 Å². The van der Waals surface area contributed by atoms with E-state index in [4.69, 9.17) is 9.47 Å². The van der Waals surface area contributed by atoms with Gasteiger partial charge >= 0.3 is 0 Å². The van der Waals surface area contributed by atoms with E-state index in [2.05, 4.69) is 31.2 Å². The van der Waals surface area contributed by atoms with Gasteiger partial charge in [0.05, 0.1) is 17.5 Å². The quantitative estimate of drug-likeness (QED) is 0.858. The van der Waals surface area contributed by atoms with Crippen LogP contribution in [0.2, 0.25) is 0 Å². The molecule has 0 aliphatic rings. The summed E-state index contributed by atoms with van der Waals surface area (Å²) >= 11 is 3.39. The highest BCUT2D eigenvalue weighted by atomic mass is 79.9. The molecule has 1 amide bonds. The first-order valence-electron chi connectivity index (χ1n) is 6.41. The lowest BCUT2D eigenvalue weighted by Gasteiger charge is -2.13. The second kappa shape index (κ2) is 7.33. The van der Waals surface area contributed by atoms with Crippen LogP contribution in [0.15, 0.2) is 29.0 Å². The zero-order valence-electron chi connectivity index (χ0n) is 11.8. The number of amides is 1. The third-order valence-electron chi connectivity index (χ3n) is 2.72. The second-order valence-corrected chi connectivity index (χ2v) is 5.47. The Morgan fingerprint density at radius 1 is 1.43 bits per heavy atom. The molecule has 0 bridgehead atoms. The molecule has 1 heterocycles. The lowest BCUT2D eigenvalue weighted by molar-refractivity contribution is -0.124. The standard InChI is InChI=1S/C14H16BrN3O3/c1-9(6-20-2)18-13(19)7-21-14-11-5-10(15)3-4-12(11)16-8-17-14/h3-5,8-9H,6-7H2,1-2H3,(H,18,19)/t9-/m1/s1. The molecular formula is C14H16BrN3O3. The fourth-order valence-corrected chi connectivity index (χ4v) is 2.22. The third kappa shape index (κ3) is 4.37. The molecule has 2 rings (SSSR count). The second-order valence-electron chi connectivity index (χ2n) is 4.55. The van der Waals surface area contributed by atoms with Gasteiger partial charge in [0.25, 0.3) is 5.91 Å². The van der Waals surface area contributed by atoms with E-state index in [0.29, 0.717) is 12.5 Å². The number of methoxy groups -OCH3 is 1. The van der Waals surface area contributed by atoms with E-state index in [1.54, 1.807) is 7.11 Å². The lowest BCUT2D eigenvalue weighted by atomic mass is 10.2. The van der Waals surface area contributed by atoms with Crippen molar-refractivity contribution in [3.05, 3.63) is 29.0 Å². The summed E-state index contributed by atoms with van der Waals surface area (Å²) in [5, 5.41) is 3.52. The highest BCUT2D eigenvalue weighted by Crippen LogP contribution is 2.24. The highest BCUT2D eigenvalue weighted by Gasteiger charge is 2.10. The fraction of sp³-hybridized carbons (Fsp3) is 0.357. The fourth-order valence-electron chi connectivity index (χ4n) is 1.86. The van der Waals surface area contributed by atoms with Crippen molar-refractivity contribution < 1.29 is 14.3 Å². The zero-order valence-corrected chi connectivity index (χ0v) is 13.4. The minimum Gasteiger partial charge on any atom is -0.467 e. The van der Waals surface area contributed by atoms with Crippen LogP contribution in [0.3, 0.4) is 0 Å². The van der Waals surface area contributed by atoms with Crippen LogP contribution in [-0.2, 0) is 9.53 Å². The number of aromatic nitrogens is 2. The molecule has 1 N–H and O–H groups in total. The summed E-state index contributed by atoms with van der Waals surface area (Å²) in [4.78, 5) is 20.0. The Hall–Kier alpha value is -1.73. The molecule has 0 unspecified atom stereocenters. The maximum atomic E-state index is 11.8. The summed E-state index contributed by atoms with van der Waals surface area (Å²) in [7, 11) is 1.59. The molecule has 0 aliphatic carbocycles. The number of carbonyl (C=O) groups is 1. The summed E-state index contributed by atoms with van der Waals surface area (Å²) < 4.78 is 11.3. The maximum Gasteiger partial charge on any atom is 0.258 e. The smallest absolute Gasteiger partial charge is 0.258 e. The molecule has 0 saturated carbocycles. The lowest BCUT2D eigenvalue weighted by Crippen LogP contribution is -2.38. The summed E-state index contributed by atoms with van der Waals surface area (Å²) in [6, 6.07) is 5.53. The molecule has 1 aromatic heterocycles. The van der Waals surface area contributed by atoms with Crippen LogP contribution in [0.1, 0.15) is 6.92 Å². The van der Waals surface area contributed by atoms with E-state index in [1.807, 2.05) is 25.1 Å². The van der Waals surface area contributed by atoms with Gasteiger partial charge in [0.2, 0.25) is 5.88 Å². The first-order valence-corrected chi connectivity index (χ1v) is 7.21. The number of hydrogen-bond acceptors (Lipinski definition) is 5. The van der Waals surface area contributed by atoms with E-state index in [-0.39, 0.29) is 18.6 Å². The SMILES string of the molecule is COC[C@@H](C)NC(=O)COc1ncnc2ccc(Br)cc12. The largest absolute Gasteiger partial charge is 0.467 e. The number of rotatable bonds is 6. The number of nitrogens with one attached hydrogen (secondary N) is 1. The summed E-state index contributed by atoms with van der Waals surface area (Å²) in [5.41, 5.74) is 0.761. The van der Waals surface area contributed by atoms with Crippen molar-refractivity contribution in [1.82, 2.24) is 15.3 Å². The van der Waals surface area contributed by atoms with E-state index in [1.165, 1.54) is 6.33 Å². The van der Waals surface area contributed by atoms with Crippen LogP contribution in [0.25, 0.3) is 10.9 Å². The summed E-state index contributed by atoms with van der Waals surface area (Å²) in [5.74, 6) is 0.164. The van der Waals surface area contributed by atoms with Crippen molar-refractivity contribution in [3.8, 4) is 5.88 Å². The number of nitrogens with zero attached hydrogens (tertiary/aromatic N) is 2. The first-order chi connectivity index (χ1) is 10.1. The molecule has 0 spiro atoms. The van der Waals surface area contributed by atoms with Crippen molar-refractivity contribution in [2.24, 2.45) is 0 Å². The minimum absolute atomic E-state index is 0.0672. The van der Waals surface area contributed by atoms with Crippen LogP contribution in [0.4, 0.5) is 0 Å². The Morgan fingerprint density at radius 2 is 2.24 bits per heavy atom. The predicted molar refractivity (Wildman–Crippen MR) is 82.2 cm³/mol. The zero-order chi connectivity index (χ0) is 15.2. The van der Waals surface area contributed by atoms with Crippen molar-refractivity contribution in [1.29, 1.82) is 0 Å². The van der Waals surface area contributed by atoms with Gasteiger partial charge < -0.3 is 14.8 Å². The van der Waals surface area contributed by atoms with Gasteiger partial charge in [-0.2, -0.15) is 0 Å². The first kappa shape index (κ1) is 15.7. The predicted octanol–water partition coefficient (Wildman–Crippen LogP) is 1.92. The van der Waals surface area contributed by atoms with E-state index in [9.17, 15) is 4.79 Å². The number of halogens is 1. The Labute approximate surface area is 131 Å². The van der Waals surface area contributed by atoms with Gasteiger partial charge in [-0.3, -0.25) is 4.79 Å². The molecule has 1 atom stereocenters. The molecule has 7 heteroatoms. The van der Waals surface area contributed by atoms with Crippen LogP contribution in [0.5, 0.6) is 5.88 Å². The molecule has 6 nitrogen and oxygen atoms in total. The highest BCUT2D eigenvalue weighted by molar-refractivity contribution is 9.10. The monoisotopic (exact) mass is 353 g/mol. The van der Waals surface area contributed by atoms with Gasteiger partial charge in [-0.1, -0.05) is 15.9 Å². The Kier molecular flexibility index (Phi) is 5.46. The normalized spacial score (nSPS) is 12.1. The van der Waals surface area contributed by atoms with Gasteiger partial charge in [0.15, 0.2) is 6.61 Å². The molecule has 0 fully saturated rings. The third-order valence-corrected chi connectivity index (χ3v) is 3.22. The molecular weight excluding hydrogens is 338 g/mol. The van der Waals surface area contributed by atoms with Gasteiger partial charge in [-0.15, -0.1) is 0 Å². The Morgan fingerprint density at radius 3 is 3.00 bits per heavy atom. The maximum absolute atomic E-state index is 11.8. The molecule has 0 aliphatic heterocycles. The average Bonchev–Trinajstić information content (AvgIpc) is 2.45. The van der Waals surface area contributed by atoms with E-state index >= 15 is 0 Å². The molecule has 2 aromatic rings. The van der Waals surface area contributed by atoms with Gasteiger partial charge in [-0.25, -0.2) is 9.97 Å². The molecule has 0 radical (unpaired) electrons. The number of ether oxygens (including phenoxy) is 2. The average molecular weight is 354 g/mol. The van der Waals surface area contributed by atoms with E-state index < -0.39 is 0 Å². The molecule has 0 saturated heterocycles. The van der Waals surface area contributed by atoms with Crippen molar-refractivity contribution in [3.63, 3.8) is 0 Å². The van der Waals surface area contributed by atoms with Gasteiger partial charge in [0, 0.05) is 17.6 Å². The number of benzene rings is 1. The summed E-state index contributed by atoms with van der Waals surface area (Å²) in [6.45, 7) is 2.21. The van der Waals surface area contributed by atoms with E-state index in [0.717, 1.165) is 15.4 Å².